The fourth-order valence-electron chi connectivity index (χ4n) is 2.32. The van der Waals surface area contributed by atoms with Crippen molar-refractivity contribution in [2.24, 2.45) is 5.41 Å². The van der Waals surface area contributed by atoms with E-state index in [2.05, 4.69) is 9.47 Å². The van der Waals surface area contributed by atoms with Crippen LogP contribution in [0.1, 0.15) is 17.9 Å². The molecule has 1 saturated carbocycles. The molecule has 1 unspecified atom stereocenters. The number of carbonyl (C=O) groups is 2. The van der Waals surface area contributed by atoms with Crippen molar-refractivity contribution in [3.05, 3.63) is 34.6 Å². The smallest absolute Gasteiger partial charge is 0.323 e. The summed E-state index contributed by atoms with van der Waals surface area (Å²) in [4.78, 5) is 23.6. The number of esters is 2. The highest BCUT2D eigenvalue weighted by molar-refractivity contribution is 6.31. The molecule has 6 heteroatoms. The van der Waals surface area contributed by atoms with Gasteiger partial charge in [0.1, 0.15) is 5.82 Å². The lowest BCUT2D eigenvalue weighted by molar-refractivity contribution is -0.161. The van der Waals surface area contributed by atoms with Crippen molar-refractivity contribution in [2.75, 3.05) is 14.2 Å². The Kier molecular flexibility index (Phi) is 3.49. The highest BCUT2D eigenvalue weighted by Gasteiger charge is 2.68. The van der Waals surface area contributed by atoms with E-state index < -0.39 is 29.1 Å². The average molecular weight is 287 g/mol. The molecule has 1 aliphatic carbocycles. The first kappa shape index (κ1) is 13.8. The molecule has 19 heavy (non-hydrogen) atoms. The molecule has 0 amide bonds. The Bertz CT molecular complexity index is 527. The summed E-state index contributed by atoms with van der Waals surface area (Å²) in [6.45, 7) is 0. The lowest BCUT2D eigenvalue weighted by Crippen LogP contribution is -2.30. The van der Waals surface area contributed by atoms with E-state index in [1.807, 2.05) is 0 Å². The van der Waals surface area contributed by atoms with Crippen LogP contribution in [0, 0.1) is 11.2 Å². The summed E-state index contributed by atoms with van der Waals surface area (Å²) >= 11 is 5.94. The maximum atomic E-state index is 13.0. The van der Waals surface area contributed by atoms with Crippen LogP contribution in [0.5, 0.6) is 0 Å². The zero-order chi connectivity index (χ0) is 14.2. The molecule has 102 valence electrons. The van der Waals surface area contributed by atoms with Crippen LogP contribution in [0.15, 0.2) is 18.2 Å². The second-order valence-electron chi connectivity index (χ2n) is 4.38. The van der Waals surface area contributed by atoms with E-state index in [0.717, 1.165) is 6.07 Å². The third-order valence-corrected chi connectivity index (χ3v) is 3.73. The van der Waals surface area contributed by atoms with Crippen molar-refractivity contribution in [1.29, 1.82) is 0 Å². The highest BCUT2D eigenvalue weighted by Crippen LogP contribution is 2.61. The van der Waals surface area contributed by atoms with Gasteiger partial charge < -0.3 is 9.47 Å². The number of benzene rings is 1. The summed E-state index contributed by atoms with van der Waals surface area (Å²) in [7, 11) is 2.41. The largest absolute Gasteiger partial charge is 0.468 e. The molecular formula is C13H12ClFO4. The normalized spacial score (nSPS) is 19.7. The van der Waals surface area contributed by atoms with Gasteiger partial charge in [0.25, 0.3) is 0 Å². The number of hydrogen-bond acceptors (Lipinski definition) is 4. The fourth-order valence-corrected chi connectivity index (χ4v) is 2.62. The number of hydrogen-bond donors (Lipinski definition) is 0. The van der Waals surface area contributed by atoms with Gasteiger partial charge in [-0.3, -0.25) is 9.59 Å². The summed E-state index contributed by atoms with van der Waals surface area (Å²) < 4.78 is 22.3. The van der Waals surface area contributed by atoms with Gasteiger partial charge in [0.2, 0.25) is 0 Å². The average Bonchev–Trinajstić information content (AvgIpc) is 3.13. The molecule has 1 fully saturated rings. The molecule has 1 atom stereocenters. The molecule has 2 rings (SSSR count). The Morgan fingerprint density at radius 2 is 1.89 bits per heavy atom. The van der Waals surface area contributed by atoms with E-state index in [0.29, 0.717) is 5.56 Å². The van der Waals surface area contributed by atoms with Crippen LogP contribution in [0.4, 0.5) is 4.39 Å². The third-order valence-electron chi connectivity index (χ3n) is 3.40. The van der Waals surface area contributed by atoms with Gasteiger partial charge in [0, 0.05) is 10.9 Å². The number of rotatable bonds is 3. The molecular weight excluding hydrogens is 275 g/mol. The van der Waals surface area contributed by atoms with E-state index in [-0.39, 0.29) is 11.4 Å². The van der Waals surface area contributed by atoms with Gasteiger partial charge >= 0.3 is 11.9 Å². The van der Waals surface area contributed by atoms with E-state index in [1.165, 1.54) is 26.4 Å². The molecule has 4 nitrogen and oxygen atoms in total. The second-order valence-corrected chi connectivity index (χ2v) is 4.78. The Morgan fingerprint density at radius 1 is 1.32 bits per heavy atom. The SMILES string of the molecule is COC(=O)C1(C(=O)OC)CC1c1ccc(F)cc1Cl. The summed E-state index contributed by atoms with van der Waals surface area (Å²) in [5, 5.41) is 0.180. The molecule has 0 heterocycles. The fraction of sp³-hybridized carbons (Fsp3) is 0.385. The van der Waals surface area contributed by atoms with Gasteiger partial charge in [-0.05, 0) is 24.1 Å². The molecule has 0 N–H and O–H groups in total. The van der Waals surface area contributed by atoms with Gasteiger partial charge in [0.05, 0.1) is 14.2 Å². The third kappa shape index (κ3) is 2.08. The molecule has 0 bridgehead atoms. The first-order valence-corrected chi connectivity index (χ1v) is 5.97. The van der Waals surface area contributed by atoms with Crippen LogP contribution in [0.25, 0.3) is 0 Å². The minimum atomic E-state index is -1.36. The first-order valence-electron chi connectivity index (χ1n) is 5.59. The monoisotopic (exact) mass is 286 g/mol. The molecule has 1 aromatic rings. The van der Waals surface area contributed by atoms with Crippen molar-refractivity contribution in [3.8, 4) is 0 Å². The van der Waals surface area contributed by atoms with Gasteiger partial charge in [-0.2, -0.15) is 0 Å². The molecule has 0 spiro atoms. The lowest BCUT2D eigenvalue weighted by Gasteiger charge is -2.13. The van der Waals surface area contributed by atoms with Gasteiger partial charge in [-0.1, -0.05) is 17.7 Å². The van der Waals surface area contributed by atoms with Crippen LogP contribution in [-0.4, -0.2) is 26.2 Å². The van der Waals surface area contributed by atoms with E-state index >= 15 is 0 Å². The molecule has 0 saturated heterocycles. The van der Waals surface area contributed by atoms with Crippen LogP contribution in [0.2, 0.25) is 5.02 Å². The molecule has 0 aromatic heterocycles. The maximum absolute atomic E-state index is 13.0. The van der Waals surface area contributed by atoms with Crippen LogP contribution >= 0.6 is 11.6 Å². The zero-order valence-electron chi connectivity index (χ0n) is 10.4. The van der Waals surface area contributed by atoms with E-state index in [4.69, 9.17) is 11.6 Å². The molecule has 1 aromatic carbocycles. The number of carbonyl (C=O) groups excluding carboxylic acids is 2. The predicted octanol–water partition coefficient (Wildman–Crippen LogP) is 2.30. The predicted molar refractivity (Wildman–Crippen MR) is 65.2 cm³/mol. The van der Waals surface area contributed by atoms with Gasteiger partial charge in [0.15, 0.2) is 5.41 Å². The minimum absolute atomic E-state index is 0.180. The highest BCUT2D eigenvalue weighted by atomic mass is 35.5. The first-order chi connectivity index (χ1) is 8.97. The van der Waals surface area contributed by atoms with Crippen LogP contribution < -0.4 is 0 Å². The summed E-state index contributed by atoms with van der Waals surface area (Å²) in [6.07, 6.45) is 0.248. The Balaban J connectivity index is 2.38. The molecule has 0 aliphatic heterocycles. The van der Waals surface area contributed by atoms with Gasteiger partial charge in [-0.15, -0.1) is 0 Å². The zero-order valence-corrected chi connectivity index (χ0v) is 11.2. The Hall–Kier alpha value is -1.62. The quantitative estimate of drug-likeness (QED) is 0.632. The van der Waals surface area contributed by atoms with Crippen molar-refractivity contribution in [3.63, 3.8) is 0 Å². The summed E-state index contributed by atoms with van der Waals surface area (Å²) in [5.41, 5.74) is -0.816. The van der Waals surface area contributed by atoms with Crippen LogP contribution in [-0.2, 0) is 19.1 Å². The maximum Gasteiger partial charge on any atom is 0.323 e. The molecule has 1 aliphatic rings. The topological polar surface area (TPSA) is 52.6 Å². The van der Waals surface area contributed by atoms with Crippen molar-refractivity contribution in [2.45, 2.75) is 12.3 Å². The van der Waals surface area contributed by atoms with Crippen molar-refractivity contribution in [1.82, 2.24) is 0 Å². The minimum Gasteiger partial charge on any atom is -0.468 e. The number of halogens is 2. The Labute approximate surface area is 114 Å². The van der Waals surface area contributed by atoms with Gasteiger partial charge in [-0.25, -0.2) is 4.39 Å². The van der Waals surface area contributed by atoms with E-state index in [1.54, 1.807) is 0 Å². The Morgan fingerprint density at radius 3 is 2.37 bits per heavy atom. The number of ether oxygens (including phenoxy) is 2. The second kappa shape index (κ2) is 4.81. The molecule has 0 radical (unpaired) electrons. The van der Waals surface area contributed by atoms with Crippen LogP contribution in [0.3, 0.4) is 0 Å². The van der Waals surface area contributed by atoms with E-state index in [9.17, 15) is 14.0 Å². The summed E-state index contributed by atoms with van der Waals surface area (Å²) in [5.74, 6) is -2.24. The van der Waals surface area contributed by atoms with Crippen molar-refractivity contribution >= 4 is 23.5 Å². The van der Waals surface area contributed by atoms with Crippen molar-refractivity contribution < 1.29 is 23.5 Å². The summed E-state index contributed by atoms with van der Waals surface area (Å²) in [6, 6.07) is 3.85. The lowest BCUT2D eigenvalue weighted by atomic mass is 9.99. The number of methoxy groups -OCH3 is 2. The standard InChI is InChI=1S/C13H12ClFO4/c1-18-11(16)13(12(17)19-2)6-9(13)8-4-3-7(15)5-10(8)14/h3-5,9H,6H2,1-2H3.